The lowest BCUT2D eigenvalue weighted by Crippen LogP contribution is -2.16. The van der Waals surface area contributed by atoms with Gasteiger partial charge >= 0.3 is 16.3 Å². The van der Waals surface area contributed by atoms with E-state index in [4.69, 9.17) is 4.18 Å². The van der Waals surface area contributed by atoms with Gasteiger partial charge in [0.05, 0.1) is 17.0 Å². The molecule has 188 valence electrons. The van der Waals surface area contributed by atoms with Crippen molar-refractivity contribution in [3.05, 3.63) is 76.0 Å². The average Bonchev–Trinajstić information content (AvgIpc) is 3.06. The van der Waals surface area contributed by atoms with E-state index in [2.05, 4.69) is 5.10 Å². The smallest absolute Gasteiger partial charge is 0.358 e. The first-order valence-corrected chi connectivity index (χ1v) is 13.0. The second-order valence-electron chi connectivity index (χ2n) is 7.62. The van der Waals surface area contributed by atoms with Gasteiger partial charge in [-0.2, -0.15) is 26.7 Å². The first-order valence-electron chi connectivity index (χ1n) is 10.2. The zero-order valence-corrected chi connectivity index (χ0v) is 20.5. The molecule has 0 saturated heterocycles. The van der Waals surface area contributed by atoms with Crippen LogP contribution in [0, 0.1) is 13.8 Å². The SMILES string of the molecule is CCn1nc(C)c(C(=O)c2ccc(C(F)(F)F)cc2C[SH](=O)=O)c1OS(=O)(=O)c1ccc(C)cc1. The zero-order valence-electron chi connectivity index (χ0n) is 18.8. The molecule has 1 aromatic heterocycles. The molecule has 13 heteroatoms. The van der Waals surface area contributed by atoms with Crippen LogP contribution in [-0.4, -0.2) is 32.4 Å². The van der Waals surface area contributed by atoms with Crippen LogP contribution in [0.25, 0.3) is 0 Å². The van der Waals surface area contributed by atoms with Gasteiger partial charge in [0, 0.05) is 12.1 Å². The molecule has 0 radical (unpaired) electrons. The van der Waals surface area contributed by atoms with Gasteiger partial charge < -0.3 is 4.18 Å². The number of hydrogen-bond acceptors (Lipinski definition) is 7. The fraction of sp³-hybridized carbons (Fsp3) is 0.273. The van der Waals surface area contributed by atoms with Gasteiger partial charge in [0.2, 0.25) is 11.7 Å². The van der Waals surface area contributed by atoms with Crippen LogP contribution >= 0.6 is 0 Å². The monoisotopic (exact) mass is 530 g/mol. The molecule has 0 atom stereocenters. The minimum atomic E-state index is -4.76. The van der Waals surface area contributed by atoms with Gasteiger partial charge in [-0.3, -0.25) is 4.79 Å². The molecule has 0 aliphatic carbocycles. The Hall–Kier alpha value is -3.19. The van der Waals surface area contributed by atoms with Crippen molar-refractivity contribution in [1.82, 2.24) is 9.78 Å². The van der Waals surface area contributed by atoms with Gasteiger partial charge in [-0.25, -0.2) is 13.1 Å². The molecule has 1 heterocycles. The van der Waals surface area contributed by atoms with E-state index in [0.717, 1.165) is 16.3 Å². The fourth-order valence-corrected chi connectivity index (χ4v) is 4.86. The first kappa shape index (κ1) is 26.4. The fourth-order valence-electron chi connectivity index (χ4n) is 3.37. The highest BCUT2D eigenvalue weighted by Crippen LogP contribution is 2.33. The number of aryl methyl sites for hydroxylation is 3. The average molecular weight is 531 g/mol. The number of carbonyl (C=O) groups excluding carboxylic acids is 1. The van der Waals surface area contributed by atoms with Gasteiger partial charge in [0.15, 0.2) is 0 Å². The largest absolute Gasteiger partial charge is 0.416 e. The molecule has 0 fully saturated rings. The van der Waals surface area contributed by atoms with Crippen molar-refractivity contribution in [2.24, 2.45) is 0 Å². The highest BCUT2D eigenvalue weighted by Gasteiger charge is 2.33. The first-order chi connectivity index (χ1) is 16.2. The molecule has 0 aliphatic heterocycles. The summed E-state index contributed by atoms with van der Waals surface area (Å²) in [5.41, 5.74) is -1.28. The third kappa shape index (κ3) is 5.73. The van der Waals surface area contributed by atoms with Crippen LogP contribution in [0.3, 0.4) is 0 Å². The zero-order chi connectivity index (χ0) is 26.1. The Bertz CT molecular complexity index is 1450. The minimum Gasteiger partial charge on any atom is -0.358 e. The minimum absolute atomic E-state index is 0.0586. The number of aromatic nitrogens is 2. The third-order valence-corrected chi connectivity index (χ3v) is 6.91. The molecule has 0 saturated carbocycles. The number of rotatable bonds is 8. The number of nitrogens with zero attached hydrogens (tertiary/aromatic N) is 2. The highest BCUT2D eigenvalue weighted by atomic mass is 32.2. The Balaban J connectivity index is 2.15. The molecule has 2 aromatic carbocycles. The Labute approximate surface area is 201 Å². The molecule has 35 heavy (non-hydrogen) atoms. The second kappa shape index (κ2) is 9.82. The van der Waals surface area contributed by atoms with Gasteiger partial charge in [0.25, 0.3) is 0 Å². The lowest BCUT2D eigenvalue weighted by Gasteiger charge is -2.13. The van der Waals surface area contributed by atoms with E-state index >= 15 is 0 Å². The van der Waals surface area contributed by atoms with E-state index in [-0.39, 0.29) is 33.8 Å². The summed E-state index contributed by atoms with van der Waals surface area (Å²) in [4.78, 5) is 13.3. The number of halogens is 3. The second-order valence-corrected chi connectivity index (χ2v) is 10.1. The Morgan fingerprint density at radius 2 is 1.71 bits per heavy atom. The number of ketones is 1. The Kier molecular flexibility index (Phi) is 7.41. The maximum Gasteiger partial charge on any atom is 0.416 e. The Morgan fingerprint density at radius 3 is 2.26 bits per heavy atom. The molecule has 0 aliphatic rings. The molecule has 0 amide bonds. The summed E-state index contributed by atoms with van der Waals surface area (Å²) in [5.74, 6) is -2.16. The van der Waals surface area contributed by atoms with Crippen molar-refractivity contribution in [2.45, 2.75) is 44.1 Å². The van der Waals surface area contributed by atoms with E-state index < -0.39 is 50.0 Å². The maximum atomic E-state index is 13.4. The van der Waals surface area contributed by atoms with Crippen LogP contribution in [-0.2, 0) is 39.3 Å². The van der Waals surface area contributed by atoms with E-state index in [1.807, 2.05) is 0 Å². The number of alkyl halides is 3. The topological polar surface area (TPSA) is 112 Å². The molecular weight excluding hydrogens is 509 g/mol. The number of benzene rings is 2. The summed E-state index contributed by atoms with van der Waals surface area (Å²) in [6.45, 7) is 4.90. The van der Waals surface area contributed by atoms with Crippen molar-refractivity contribution < 1.29 is 39.0 Å². The predicted octanol–water partition coefficient (Wildman–Crippen LogP) is 3.65. The van der Waals surface area contributed by atoms with Crippen LogP contribution in [0.4, 0.5) is 13.2 Å². The molecule has 0 N–H and O–H groups in total. The van der Waals surface area contributed by atoms with Gasteiger partial charge in [-0.1, -0.05) is 23.8 Å². The lowest BCUT2D eigenvalue weighted by molar-refractivity contribution is -0.137. The number of hydrogen-bond donors (Lipinski definition) is 1. The molecule has 0 bridgehead atoms. The van der Waals surface area contributed by atoms with Crippen molar-refractivity contribution >= 4 is 26.6 Å². The van der Waals surface area contributed by atoms with Crippen molar-refractivity contribution in [1.29, 1.82) is 0 Å². The van der Waals surface area contributed by atoms with Crippen LogP contribution < -0.4 is 4.18 Å². The van der Waals surface area contributed by atoms with Crippen LogP contribution in [0.1, 0.15) is 45.2 Å². The quantitative estimate of drug-likeness (QED) is 0.269. The van der Waals surface area contributed by atoms with Gasteiger partial charge in [0.1, 0.15) is 21.2 Å². The molecule has 3 aromatic rings. The standard InChI is InChI=1S/C22H21F3N2O6S2/c1-4-27-21(33-35(31,32)17-8-5-13(2)6-9-17)19(14(3)26-27)20(28)18-10-7-16(22(23,24)25)11-15(18)12-34(29)30/h5-11,34H,4,12H2,1-3H3. The van der Waals surface area contributed by atoms with Crippen molar-refractivity contribution in [3.63, 3.8) is 0 Å². The molecular formula is C22H21F3N2O6S2. The maximum absolute atomic E-state index is 13.4. The Morgan fingerprint density at radius 1 is 1.09 bits per heavy atom. The molecule has 0 spiro atoms. The normalized spacial score (nSPS) is 12.2. The summed E-state index contributed by atoms with van der Waals surface area (Å²) in [6.07, 6.45) is -4.76. The van der Waals surface area contributed by atoms with Gasteiger partial charge in [-0.15, -0.1) is 0 Å². The molecule has 0 unspecified atom stereocenters. The molecule has 8 nitrogen and oxygen atoms in total. The van der Waals surface area contributed by atoms with Crippen LogP contribution in [0.2, 0.25) is 0 Å². The summed E-state index contributed by atoms with van der Waals surface area (Å²) < 4.78 is 94.4. The summed E-state index contributed by atoms with van der Waals surface area (Å²) in [6, 6.07) is 7.86. The summed E-state index contributed by atoms with van der Waals surface area (Å²) in [5, 5.41) is 4.12. The third-order valence-electron chi connectivity index (χ3n) is 5.08. The van der Waals surface area contributed by atoms with Crippen LogP contribution in [0.15, 0.2) is 47.4 Å². The highest BCUT2D eigenvalue weighted by molar-refractivity contribution is 7.87. The lowest BCUT2D eigenvalue weighted by atomic mass is 9.97. The molecule has 3 rings (SSSR count). The van der Waals surface area contributed by atoms with E-state index in [1.165, 1.54) is 19.1 Å². The van der Waals surface area contributed by atoms with E-state index in [0.29, 0.717) is 12.1 Å². The van der Waals surface area contributed by atoms with E-state index in [9.17, 15) is 34.8 Å². The predicted molar refractivity (Wildman–Crippen MR) is 121 cm³/mol. The van der Waals surface area contributed by atoms with Crippen molar-refractivity contribution in [2.75, 3.05) is 0 Å². The van der Waals surface area contributed by atoms with E-state index in [1.54, 1.807) is 26.0 Å². The van der Waals surface area contributed by atoms with Crippen molar-refractivity contribution in [3.8, 4) is 5.88 Å². The van der Waals surface area contributed by atoms with Crippen LogP contribution in [0.5, 0.6) is 5.88 Å². The number of thiol groups is 1. The summed E-state index contributed by atoms with van der Waals surface area (Å²) in [7, 11) is -7.57. The number of carbonyl (C=O) groups is 1. The van der Waals surface area contributed by atoms with Gasteiger partial charge in [-0.05, 0) is 50.6 Å². The summed E-state index contributed by atoms with van der Waals surface area (Å²) >= 11 is 0.